The molecule has 0 saturated carbocycles. The Hall–Kier alpha value is -1.39. The zero-order valence-electron chi connectivity index (χ0n) is 8.84. The van der Waals surface area contributed by atoms with Crippen LogP contribution in [0.15, 0.2) is 24.3 Å². The number of hydrogen-bond donors (Lipinski definition) is 3. The van der Waals surface area contributed by atoms with Crippen LogP contribution >= 0.6 is 0 Å². The Labute approximate surface area is 93.7 Å². The van der Waals surface area contributed by atoms with E-state index in [2.05, 4.69) is 0 Å². The van der Waals surface area contributed by atoms with Crippen molar-refractivity contribution >= 4 is 5.97 Å². The molecule has 0 aliphatic heterocycles. The highest BCUT2D eigenvalue weighted by Gasteiger charge is 2.33. The average Bonchev–Trinajstić information content (AvgIpc) is 2.70. The van der Waals surface area contributed by atoms with E-state index in [9.17, 15) is 9.90 Å². The van der Waals surface area contributed by atoms with Gasteiger partial charge in [0, 0.05) is 0 Å². The first-order valence-corrected chi connectivity index (χ1v) is 5.33. The van der Waals surface area contributed by atoms with E-state index >= 15 is 0 Å². The van der Waals surface area contributed by atoms with E-state index in [1.807, 2.05) is 24.3 Å². The largest absolute Gasteiger partial charge is 0.480 e. The summed E-state index contributed by atoms with van der Waals surface area (Å²) in [7, 11) is 0. The molecule has 2 atom stereocenters. The third-order valence-corrected chi connectivity index (χ3v) is 3.22. The highest BCUT2D eigenvalue weighted by Crippen LogP contribution is 2.29. The van der Waals surface area contributed by atoms with Crippen LogP contribution in [0.5, 0.6) is 0 Å². The lowest BCUT2D eigenvalue weighted by atomic mass is 9.94. The molecule has 1 aromatic rings. The van der Waals surface area contributed by atoms with E-state index in [1.54, 1.807) is 0 Å². The van der Waals surface area contributed by atoms with Crippen LogP contribution in [0.25, 0.3) is 0 Å². The predicted octanol–water partition coefficient (Wildman–Crippen LogP) is 0.174. The molecule has 0 amide bonds. The summed E-state index contributed by atoms with van der Waals surface area (Å²) in [6, 6.07) is 6.72. The molecule has 86 valence electrons. The fraction of sp³-hybridized carbons (Fsp3) is 0.417. The molecule has 4 heteroatoms. The van der Waals surface area contributed by atoms with E-state index in [0.717, 1.165) is 0 Å². The van der Waals surface area contributed by atoms with Gasteiger partial charge in [0.2, 0.25) is 0 Å². The number of carboxylic acid groups (broad SMARTS) is 1. The second-order valence-electron chi connectivity index (χ2n) is 4.29. The predicted molar refractivity (Wildman–Crippen MR) is 59.0 cm³/mol. The summed E-state index contributed by atoms with van der Waals surface area (Å²) in [4.78, 5) is 10.7. The number of aliphatic hydroxyl groups excluding tert-OH is 1. The first kappa shape index (κ1) is 11.1. The molecule has 4 nitrogen and oxygen atoms in total. The fourth-order valence-electron chi connectivity index (χ4n) is 2.27. The number of aliphatic carboxylic acids is 1. The van der Waals surface area contributed by atoms with Crippen LogP contribution in [0, 0.1) is 5.92 Å². The molecule has 0 heterocycles. The molecule has 0 bridgehead atoms. The van der Waals surface area contributed by atoms with Gasteiger partial charge in [0.25, 0.3) is 0 Å². The molecule has 1 aliphatic carbocycles. The average molecular weight is 221 g/mol. The molecule has 1 aliphatic rings. The minimum Gasteiger partial charge on any atom is -0.480 e. The molecular weight excluding hydrogens is 206 g/mol. The number of benzene rings is 1. The summed E-state index contributed by atoms with van der Waals surface area (Å²) in [6.45, 7) is 0. The molecule has 0 spiro atoms. The zero-order valence-corrected chi connectivity index (χ0v) is 8.84. The highest BCUT2D eigenvalue weighted by molar-refractivity contribution is 5.74. The van der Waals surface area contributed by atoms with Crippen LogP contribution in [0.1, 0.15) is 11.1 Å². The maximum atomic E-state index is 10.7. The van der Waals surface area contributed by atoms with Gasteiger partial charge in [-0.2, -0.15) is 0 Å². The van der Waals surface area contributed by atoms with Crippen LogP contribution in [-0.4, -0.2) is 28.3 Å². The van der Waals surface area contributed by atoms with E-state index < -0.39 is 18.1 Å². The van der Waals surface area contributed by atoms with Gasteiger partial charge in [-0.05, 0) is 29.9 Å². The SMILES string of the molecule is NC(C(=O)O)C(O)C1Cc2ccccc2C1. The number of nitrogens with two attached hydrogens (primary N) is 1. The summed E-state index contributed by atoms with van der Waals surface area (Å²) in [5.41, 5.74) is 7.79. The van der Waals surface area contributed by atoms with Gasteiger partial charge in [0.05, 0.1) is 6.10 Å². The maximum absolute atomic E-state index is 10.7. The van der Waals surface area contributed by atoms with Crippen LogP contribution in [-0.2, 0) is 17.6 Å². The van der Waals surface area contributed by atoms with Crippen LogP contribution in [0.3, 0.4) is 0 Å². The summed E-state index contributed by atoms with van der Waals surface area (Å²) < 4.78 is 0. The summed E-state index contributed by atoms with van der Waals surface area (Å²) in [5.74, 6) is -1.23. The van der Waals surface area contributed by atoms with Crippen molar-refractivity contribution in [1.29, 1.82) is 0 Å². The van der Waals surface area contributed by atoms with Crippen molar-refractivity contribution in [3.8, 4) is 0 Å². The topological polar surface area (TPSA) is 83.6 Å². The zero-order chi connectivity index (χ0) is 11.7. The summed E-state index contributed by atoms with van der Waals surface area (Å²) in [5, 5.41) is 18.6. The molecule has 0 saturated heterocycles. The van der Waals surface area contributed by atoms with Gasteiger partial charge in [-0.1, -0.05) is 24.3 Å². The second-order valence-corrected chi connectivity index (χ2v) is 4.29. The first-order chi connectivity index (χ1) is 7.59. The van der Waals surface area contributed by atoms with Crippen molar-refractivity contribution < 1.29 is 15.0 Å². The maximum Gasteiger partial charge on any atom is 0.323 e. The quantitative estimate of drug-likeness (QED) is 0.679. The molecule has 0 radical (unpaired) electrons. The summed E-state index contributed by atoms with van der Waals surface area (Å²) in [6.07, 6.45) is 0.432. The molecule has 4 N–H and O–H groups in total. The molecule has 0 aromatic heterocycles. The van der Waals surface area contributed by atoms with Crippen molar-refractivity contribution in [2.75, 3.05) is 0 Å². The van der Waals surface area contributed by atoms with E-state index in [4.69, 9.17) is 10.8 Å². The lowest BCUT2D eigenvalue weighted by molar-refractivity contribution is -0.142. The van der Waals surface area contributed by atoms with Crippen LogP contribution < -0.4 is 5.73 Å². The highest BCUT2D eigenvalue weighted by atomic mass is 16.4. The van der Waals surface area contributed by atoms with Gasteiger partial charge in [-0.15, -0.1) is 0 Å². The van der Waals surface area contributed by atoms with E-state index in [1.165, 1.54) is 11.1 Å². The third-order valence-electron chi connectivity index (χ3n) is 3.22. The number of aliphatic hydroxyl groups is 1. The Morgan fingerprint density at radius 1 is 1.31 bits per heavy atom. The van der Waals surface area contributed by atoms with Gasteiger partial charge >= 0.3 is 5.97 Å². The second kappa shape index (κ2) is 4.23. The lowest BCUT2D eigenvalue weighted by Crippen LogP contribution is -2.46. The summed E-state index contributed by atoms with van der Waals surface area (Å²) >= 11 is 0. The van der Waals surface area contributed by atoms with Gasteiger partial charge in [-0.3, -0.25) is 4.79 Å². The normalized spacial score (nSPS) is 19.1. The third kappa shape index (κ3) is 1.94. The van der Waals surface area contributed by atoms with Crippen molar-refractivity contribution in [1.82, 2.24) is 0 Å². The Morgan fingerprint density at radius 3 is 2.25 bits per heavy atom. The Morgan fingerprint density at radius 2 is 1.81 bits per heavy atom. The monoisotopic (exact) mass is 221 g/mol. The number of fused-ring (bicyclic) bond motifs is 1. The van der Waals surface area contributed by atoms with Gasteiger partial charge in [-0.25, -0.2) is 0 Å². The Balaban J connectivity index is 2.09. The number of carbonyl (C=O) groups is 1. The van der Waals surface area contributed by atoms with E-state index in [0.29, 0.717) is 12.8 Å². The van der Waals surface area contributed by atoms with Gasteiger partial charge in [0.15, 0.2) is 0 Å². The van der Waals surface area contributed by atoms with Crippen LogP contribution in [0.4, 0.5) is 0 Å². The van der Waals surface area contributed by atoms with Gasteiger partial charge in [0.1, 0.15) is 6.04 Å². The molecule has 0 fully saturated rings. The van der Waals surface area contributed by atoms with Gasteiger partial charge < -0.3 is 15.9 Å². The minimum absolute atomic E-state index is 0.0801. The van der Waals surface area contributed by atoms with Crippen molar-refractivity contribution in [2.45, 2.75) is 25.0 Å². The number of rotatable bonds is 3. The molecule has 2 rings (SSSR count). The number of carboxylic acids is 1. The molecule has 1 aromatic carbocycles. The molecular formula is C12H15NO3. The van der Waals surface area contributed by atoms with Crippen molar-refractivity contribution in [3.05, 3.63) is 35.4 Å². The standard InChI is InChI=1S/C12H15NO3/c13-10(12(15)16)11(14)9-5-7-3-1-2-4-8(7)6-9/h1-4,9-11,14H,5-6,13H2,(H,15,16). The minimum atomic E-state index is -1.20. The molecule has 2 unspecified atom stereocenters. The lowest BCUT2D eigenvalue weighted by Gasteiger charge is -2.20. The Kier molecular flexibility index (Phi) is 2.94. The number of hydrogen-bond acceptors (Lipinski definition) is 3. The molecule has 16 heavy (non-hydrogen) atoms. The van der Waals surface area contributed by atoms with Crippen molar-refractivity contribution in [2.24, 2.45) is 11.7 Å². The van der Waals surface area contributed by atoms with E-state index in [-0.39, 0.29) is 5.92 Å². The van der Waals surface area contributed by atoms with Crippen molar-refractivity contribution in [3.63, 3.8) is 0 Å². The first-order valence-electron chi connectivity index (χ1n) is 5.33. The van der Waals surface area contributed by atoms with Crippen LogP contribution in [0.2, 0.25) is 0 Å². The smallest absolute Gasteiger partial charge is 0.323 e. The Bertz CT molecular complexity index is 380. The fourth-order valence-corrected chi connectivity index (χ4v) is 2.27.